The topological polar surface area (TPSA) is 59.6 Å². The highest BCUT2D eigenvalue weighted by Gasteiger charge is 2.23. The molecule has 0 spiro atoms. The van der Waals surface area contributed by atoms with E-state index in [1.165, 1.54) is 0 Å². The van der Waals surface area contributed by atoms with Crippen molar-refractivity contribution < 1.29 is 14.3 Å². The number of hydrogen-bond acceptors (Lipinski definition) is 4. The molecule has 5 heteroatoms. The van der Waals surface area contributed by atoms with Crippen LogP contribution < -0.4 is 20.1 Å². The Morgan fingerprint density at radius 1 is 1.32 bits per heavy atom. The van der Waals surface area contributed by atoms with Gasteiger partial charge in [0.15, 0.2) is 0 Å². The standard InChI is InChI=1S/C20H24N2O3/c1-4-24-19-11-15-10-13(2)25-18(15)12-17(19)21-14(3)20(23)22-16-8-6-5-7-9-16/h5-9,11-14,21H,4,10H2,1-3H3,(H,22,23). The SMILES string of the molecule is CCOc1cc2c(cc1NC(C)C(=O)Nc1ccccc1)OC(C)C2. The molecule has 2 aromatic rings. The number of anilines is 2. The third-order valence-electron chi connectivity index (χ3n) is 4.10. The largest absolute Gasteiger partial charge is 0.492 e. The molecular weight excluding hydrogens is 316 g/mol. The Hall–Kier alpha value is -2.69. The predicted molar refractivity (Wildman–Crippen MR) is 99.6 cm³/mol. The van der Waals surface area contributed by atoms with E-state index in [-0.39, 0.29) is 12.0 Å². The average Bonchev–Trinajstić information content (AvgIpc) is 2.95. The van der Waals surface area contributed by atoms with Crippen molar-refractivity contribution in [1.82, 2.24) is 0 Å². The van der Waals surface area contributed by atoms with Gasteiger partial charge in [-0.05, 0) is 39.0 Å². The number of ether oxygens (including phenoxy) is 2. The normalized spacial score (nSPS) is 16.5. The summed E-state index contributed by atoms with van der Waals surface area (Å²) in [5.41, 5.74) is 2.69. The molecule has 2 aromatic carbocycles. The lowest BCUT2D eigenvalue weighted by atomic mass is 10.1. The molecule has 0 aromatic heterocycles. The number of fused-ring (bicyclic) bond motifs is 1. The number of benzene rings is 2. The van der Waals surface area contributed by atoms with E-state index in [4.69, 9.17) is 9.47 Å². The van der Waals surface area contributed by atoms with Gasteiger partial charge in [0.25, 0.3) is 0 Å². The van der Waals surface area contributed by atoms with Crippen molar-refractivity contribution in [1.29, 1.82) is 0 Å². The van der Waals surface area contributed by atoms with Crippen LogP contribution >= 0.6 is 0 Å². The summed E-state index contributed by atoms with van der Waals surface area (Å²) in [6.07, 6.45) is 1.04. The van der Waals surface area contributed by atoms with Gasteiger partial charge in [0.2, 0.25) is 5.91 Å². The molecule has 0 bridgehead atoms. The summed E-state index contributed by atoms with van der Waals surface area (Å²) >= 11 is 0. The summed E-state index contributed by atoms with van der Waals surface area (Å²) in [6, 6.07) is 12.9. The molecule has 3 rings (SSSR count). The van der Waals surface area contributed by atoms with Gasteiger partial charge in [0.1, 0.15) is 23.6 Å². The minimum atomic E-state index is -0.420. The predicted octanol–water partition coefficient (Wildman–Crippen LogP) is 3.85. The highest BCUT2D eigenvalue weighted by molar-refractivity contribution is 5.96. The van der Waals surface area contributed by atoms with E-state index in [1.54, 1.807) is 0 Å². The second kappa shape index (κ2) is 7.47. The molecule has 25 heavy (non-hydrogen) atoms. The minimum absolute atomic E-state index is 0.108. The molecular formula is C20H24N2O3. The maximum absolute atomic E-state index is 12.4. The van der Waals surface area contributed by atoms with Crippen LogP contribution in [-0.4, -0.2) is 24.7 Å². The zero-order chi connectivity index (χ0) is 17.8. The van der Waals surface area contributed by atoms with Crippen LogP contribution in [0.3, 0.4) is 0 Å². The summed E-state index contributed by atoms with van der Waals surface area (Å²) < 4.78 is 11.6. The van der Waals surface area contributed by atoms with Crippen LogP contribution in [0, 0.1) is 0 Å². The molecule has 132 valence electrons. The second-order valence-electron chi connectivity index (χ2n) is 6.24. The van der Waals surface area contributed by atoms with Gasteiger partial charge in [-0.2, -0.15) is 0 Å². The molecule has 2 unspecified atom stereocenters. The highest BCUT2D eigenvalue weighted by Crippen LogP contribution is 2.38. The fourth-order valence-electron chi connectivity index (χ4n) is 2.90. The second-order valence-corrected chi connectivity index (χ2v) is 6.24. The lowest BCUT2D eigenvalue weighted by Gasteiger charge is -2.19. The maximum Gasteiger partial charge on any atom is 0.246 e. The lowest BCUT2D eigenvalue weighted by molar-refractivity contribution is -0.116. The van der Waals surface area contributed by atoms with Gasteiger partial charge in [-0.15, -0.1) is 0 Å². The molecule has 5 nitrogen and oxygen atoms in total. The zero-order valence-corrected chi connectivity index (χ0v) is 14.8. The Bertz CT molecular complexity index is 746. The highest BCUT2D eigenvalue weighted by atomic mass is 16.5. The molecule has 0 radical (unpaired) electrons. The van der Waals surface area contributed by atoms with Gasteiger partial charge >= 0.3 is 0 Å². The van der Waals surface area contributed by atoms with Crippen molar-refractivity contribution >= 4 is 17.3 Å². The molecule has 0 saturated carbocycles. The van der Waals surface area contributed by atoms with Gasteiger partial charge < -0.3 is 20.1 Å². The molecule has 1 amide bonds. The van der Waals surface area contributed by atoms with Gasteiger partial charge in [0, 0.05) is 23.7 Å². The monoisotopic (exact) mass is 340 g/mol. The van der Waals surface area contributed by atoms with Crippen LogP contribution in [0.4, 0.5) is 11.4 Å². The first-order chi connectivity index (χ1) is 12.1. The zero-order valence-electron chi connectivity index (χ0n) is 14.8. The van der Waals surface area contributed by atoms with Crippen LogP contribution in [0.2, 0.25) is 0 Å². The third kappa shape index (κ3) is 4.05. The Balaban J connectivity index is 1.75. The van der Waals surface area contributed by atoms with E-state index in [1.807, 2.05) is 63.2 Å². The summed E-state index contributed by atoms with van der Waals surface area (Å²) in [6.45, 7) is 6.38. The van der Waals surface area contributed by atoms with Crippen molar-refractivity contribution in [2.75, 3.05) is 17.2 Å². The van der Waals surface area contributed by atoms with Gasteiger partial charge in [-0.25, -0.2) is 0 Å². The van der Waals surface area contributed by atoms with Crippen LogP contribution in [0.1, 0.15) is 26.3 Å². The summed E-state index contributed by atoms with van der Waals surface area (Å²) in [4.78, 5) is 12.4. The molecule has 2 atom stereocenters. The summed E-state index contributed by atoms with van der Waals surface area (Å²) in [7, 11) is 0. The molecule has 0 fully saturated rings. The fraction of sp³-hybridized carbons (Fsp3) is 0.350. The fourth-order valence-corrected chi connectivity index (χ4v) is 2.90. The van der Waals surface area contributed by atoms with Gasteiger partial charge in [-0.3, -0.25) is 4.79 Å². The van der Waals surface area contributed by atoms with E-state index in [2.05, 4.69) is 10.6 Å². The van der Waals surface area contributed by atoms with Gasteiger partial charge in [-0.1, -0.05) is 18.2 Å². The number of carbonyl (C=O) groups excluding carboxylic acids is 1. The molecule has 2 N–H and O–H groups in total. The molecule has 1 heterocycles. The Morgan fingerprint density at radius 3 is 2.80 bits per heavy atom. The first-order valence-electron chi connectivity index (χ1n) is 8.65. The van der Waals surface area contributed by atoms with Crippen molar-refractivity contribution in [2.45, 2.75) is 39.3 Å². The Kier molecular flexibility index (Phi) is 5.12. The van der Waals surface area contributed by atoms with E-state index in [0.717, 1.165) is 34.9 Å². The Morgan fingerprint density at radius 2 is 2.08 bits per heavy atom. The van der Waals surface area contributed by atoms with E-state index in [0.29, 0.717) is 6.61 Å². The Labute approximate surface area is 148 Å². The lowest BCUT2D eigenvalue weighted by Crippen LogP contribution is -2.32. The quantitative estimate of drug-likeness (QED) is 0.839. The van der Waals surface area contributed by atoms with Crippen LogP contribution in [-0.2, 0) is 11.2 Å². The van der Waals surface area contributed by atoms with Crippen LogP contribution in [0.5, 0.6) is 11.5 Å². The molecule has 1 aliphatic rings. The maximum atomic E-state index is 12.4. The van der Waals surface area contributed by atoms with Crippen molar-refractivity contribution in [3.05, 3.63) is 48.0 Å². The first-order valence-corrected chi connectivity index (χ1v) is 8.65. The van der Waals surface area contributed by atoms with Gasteiger partial charge in [0.05, 0.1) is 12.3 Å². The number of nitrogens with one attached hydrogen (secondary N) is 2. The number of para-hydroxylation sites is 1. The number of carbonyl (C=O) groups is 1. The van der Waals surface area contributed by atoms with Crippen LogP contribution in [0.15, 0.2) is 42.5 Å². The first kappa shape index (κ1) is 17.1. The molecule has 0 aliphatic carbocycles. The smallest absolute Gasteiger partial charge is 0.246 e. The average molecular weight is 340 g/mol. The van der Waals surface area contributed by atoms with Crippen molar-refractivity contribution in [2.24, 2.45) is 0 Å². The van der Waals surface area contributed by atoms with E-state index in [9.17, 15) is 4.79 Å². The third-order valence-corrected chi connectivity index (χ3v) is 4.10. The molecule has 1 aliphatic heterocycles. The number of rotatable bonds is 6. The summed E-state index contributed by atoms with van der Waals surface area (Å²) in [5, 5.41) is 6.14. The van der Waals surface area contributed by atoms with E-state index >= 15 is 0 Å². The number of hydrogen-bond donors (Lipinski definition) is 2. The molecule has 0 saturated heterocycles. The summed E-state index contributed by atoms with van der Waals surface area (Å²) in [5.74, 6) is 1.50. The van der Waals surface area contributed by atoms with Crippen molar-refractivity contribution in [3.63, 3.8) is 0 Å². The van der Waals surface area contributed by atoms with Crippen LogP contribution in [0.25, 0.3) is 0 Å². The number of amides is 1. The van der Waals surface area contributed by atoms with E-state index < -0.39 is 6.04 Å². The minimum Gasteiger partial charge on any atom is -0.492 e. The van der Waals surface area contributed by atoms with Crippen molar-refractivity contribution in [3.8, 4) is 11.5 Å².